The molecule has 2 amide bonds. The molecule has 0 aromatic carbocycles. The number of methoxy groups -OCH3 is 2. The van der Waals surface area contributed by atoms with Crippen molar-refractivity contribution in [1.29, 1.82) is 0 Å². The predicted molar refractivity (Wildman–Crippen MR) is 237 cm³/mol. The first-order valence-electron chi connectivity index (χ1n) is 20.8. The Kier molecular flexibility index (Phi) is 13.6. The Morgan fingerprint density at radius 2 is 0.935 bits per heavy atom. The Morgan fingerprint density at radius 1 is 0.548 bits per heavy atom. The van der Waals surface area contributed by atoms with Crippen molar-refractivity contribution >= 4 is 35.1 Å². The number of pyridine rings is 2. The molecular weight excluding hydrogens is 789 g/mol. The summed E-state index contributed by atoms with van der Waals surface area (Å²) in [5, 5.41) is 14.5. The number of nitrogens with one attached hydrogen (secondary N) is 2. The number of aromatic nitrogens is 10. The number of hydrogen-bond donors (Lipinski definition) is 2. The normalized spacial score (nSPS) is 14.6. The summed E-state index contributed by atoms with van der Waals surface area (Å²) in [5.41, 5.74) is 6.22. The van der Waals surface area contributed by atoms with Crippen LogP contribution in [0.25, 0.3) is 34.7 Å². The SMILES string of the molecule is COC1CCN(c2cccc(-c3cc(NC(C)=O)nc(-n4nc(C)cc4C)n3)n2)CC1.COC1CCN(c2cccc(-c3cc(NC(C)=O)nc(-n4nc(C)cc4C)n3)n2)CC1. The van der Waals surface area contributed by atoms with Crippen LogP contribution in [-0.2, 0) is 19.1 Å². The summed E-state index contributed by atoms with van der Waals surface area (Å²) >= 11 is 0. The third-order valence-electron chi connectivity index (χ3n) is 10.6. The fraction of sp³-hybridized carbons (Fsp3) is 0.409. The average molecular weight is 843 g/mol. The lowest BCUT2D eigenvalue weighted by Gasteiger charge is -2.32. The molecule has 6 aromatic rings. The number of ether oxygens (including phenoxy) is 2. The lowest BCUT2D eigenvalue weighted by molar-refractivity contribution is -0.115. The molecule has 8 heterocycles. The van der Waals surface area contributed by atoms with Gasteiger partial charge in [-0.3, -0.25) is 9.59 Å². The zero-order chi connectivity index (χ0) is 43.9. The number of anilines is 4. The lowest BCUT2D eigenvalue weighted by Crippen LogP contribution is -2.37. The minimum atomic E-state index is -0.202. The molecule has 2 aliphatic heterocycles. The number of carbonyl (C=O) groups is 2. The van der Waals surface area contributed by atoms with E-state index < -0.39 is 0 Å². The molecule has 0 atom stereocenters. The minimum absolute atomic E-state index is 0.202. The lowest BCUT2D eigenvalue weighted by atomic mass is 10.1. The van der Waals surface area contributed by atoms with E-state index in [9.17, 15) is 9.59 Å². The molecule has 2 N–H and O–H groups in total. The van der Waals surface area contributed by atoms with Gasteiger partial charge in [0.05, 0.1) is 46.4 Å². The van der Waals surface area contributed by atoms with E-state index in [1.807, 2.05) is 76.2 Å². The monoisotopic (exact) mass is 842 g/mol. The van der Waals surface area contributed by atoms with Gasteiger partial charge < -0.3 is 29.9 Å². The highest BCUT2D eigenvalue weighted by Gasteiger charge is 2.22. The largest absolute Gasteiger partial charge is 0.381 e. The molecule has 0 unspecified atom stereocenters. The van der Waals surface area contributed by atoms with Crippen molar-refractivity contribution in [2.24, 2.45) is 0 Å². The molecule has 0 radical (unpaired) electrons. The molecule has 62 heavy (non-hydrogen) atoms. The van der Waals surface area contributed by atoms with Crippen molar-refractivity contribution in [1.82, 2.24) is 49.5 Å². The van der Waals surface area contributed by atoms with Gasteiger partial charge in [0.25, 0.3) is 11.9 Å². The van der Waals surface area contributed by atoms with E-state index in [0.717, 1.165) is 86.3 Å². The van der Waals surface area contributed by atoms with Crippen molar-refractivity contribution in [2.45, 2.75) is 79.4 Å². The maximum atomic E-state index is 11.7. The van der Waals surface area contributed by atoms with Gasteiger partial charge in [-0.05, 0) is 89.8 Å². The quantitative estimate of drug-likeness (QED) is 0.167. The van der Waals surface area contributed by atoms with Crippen LogP contribution in [0.5, 0.6) is 0 Å². The summed E-state index contributed by atoms with van der Waals surface area (Å²) in [5.74, 6) is 3.00. The van der Waals surface area contributed by atoms with Gasteiger partial charge in [0, 0.05) is 77.8 Å². The smallest absolute Gasteiger partial charge is 0.253 e. The molecule has 0 spiro atoms. The highest BCUT2D eigenvalue weighted by Crippen LogP contribution is 2.27. The minimum Gasteiger partial charge on any atom is -0.381 e. The summed E-state index contributed by atoms with van der Waals surface area (Å²) in [7, 11) is 3.53. The van der Waals surface area contributed by atoms with Crippen LogP contribution >= 0.6 is 0 Å². The summed E-state index contributed by atoms with van der Waals surface area (Å²) in [6.07, 6.45) is 4.53. The second-order valence-electron chi connectivity index (χ2n) is 15.5. The second-order valence-corrected chi connectivity index (χ2v) is 15.5. The molecule has 8 rings (SSSR count). The number of amides is 2. The number of carbonyl (C=O) groups excluding carboxylic acids is 2. The number of aryl methyl sites for hydroxylation is 4. The third-order valence-corrected chi connectivity index (χ3v) is 10.6. The summed E-state index contributed by atoms with van der Waals surface area (Å²) < 4.78 is 14.3. The number of piperidine rings is 2. The van der Waals surface area contributed by atoms with Gasteiger partial charge in [0.2, 0.25) is 11.8 Å². The fourth-order valence-corrected chi connectivity index (χ4v) is 7.60. The topological polar surface area (TPSA) is 196 Å². The maximum absolute atomic E-state index is 11.7. The van der Waals surface area contributed by atoms with Crippen LogP contribution in [-0.4, -0.2) is 114 Å². The highest BCUT2D eigenvalue weighted by atomic mass is 16.5. The van der Waals surface area contributed by atoms with Gasteiger partial charge in [-0.15, -0.1) is 0 Å². The van der Waals surface area contributed by atoms with Gasteiger partial charge >= 0.3 is 0 Å². The van der Waals surface area contributed by atoms with Crippen molar-refractivity contribution < 1.29 is 19.1 Å². The van der Waals surface area contributed by atoms with Crippen LogP contribution in [0.1, 0.15) is 62.3 Å². The Bertz CT molecular complexity index is 2350. The van der Waals surface area contributed by atoms with Crippen molar-refractivity contribution in [3.63, 3.8) is 0 Å². The van der Waals surface area contributed by atoms with Crippen molar-refractivity contribution in [3.8, 4) is 34.7 Å². The van der Waals surface area contributed by atoms with E-state index in [4.69, 9.17) is 29.4 Å². The van der Waals surface area contributed by atoms with Gasteiger partial charge in [0.15, 0.2) is 0 Å². The van der Waals surface area contributed by atoms with E-state index >= 15 is 0 Å². The molecule has 0 aliphatic carbocycles. The molecule has 2 aliphatic rings. The van der Waals surface area contributed by atoms with E-state index in [2.05, 4.69) is 40.6 Å². The Balaban J connectivity index is 0.000000186. The standard InChI is InChI=1S/2C22H27N7O2/c2*1-14-12-15(2)29(27-14)22-25-19(13-20(26-22)23-16(3)30)18-6-5-7-21(24-18)28-10-8-17(31-4)9-11-28/h2*5-7,12-13,17H,8-11H2,1-4H3,(H,23,25,26,30). The van der Waals surface area contributed by atoms with E-state index in [-0.39, 0.29) is 11.8 Å². The van der Waals surface area contributed by atoms with E-state index in [1.165, 1.54) is 13.8 Å². The number of rotatable bonds is 10. The van der Waals surface area contributed by atoms with Gasteiger partial charge in [-0.1, -0.05) is 12.1 Å². The van der Waals surface area contributed by atoms with Crippen LogP contribution in [0.2, 0.25) is 0 Å². The average Bonchev–Trinajstić information content (AvgIpc) is 3.80. The van der Waals surface area contributed by atoms with Crippen LogP contribution in [0.15, 0.2) is 60.7 Å². The molecule has 6 aromatic heterocycles. The molecular formula is C44H54N14O4. The number of hydrogen-bond acceptors (Lipinski definition) is 14. The zero-order valence-electron chi connectivity index (χ0n) is 36.6. The van der Waals surface area contributed by atoms with Crippen LogP contribution in [0.3, 0.4) is 0 Å². The van der Waals surface area contributed by atoms with Gasteiger partial charge in [-0.25, -0.2) is 29.3 Å². The molecule has 2 fully saturated rings. The van der Waals surface area contributed by atoms with Crippen LogP contribution in [0.4, 0.5) is 23.3 Å². The first-order valence-corrected chi connectivity index (χ1v) is 20.8. The molecule has 0 bridgehead atoms. The second kappa shape index (κ2) is 19.4. The van der Waals surface area contributed by atoms with Crippen LogP contribution < -0.4 is 20.4 Å². The Hall–Kier alpha value is -6.66. The summed E-state index contributed by atoms with van der Waals surface area (Å²) in [4.78, 5) is 55.9. The Morgan fingerprint density at radius 3 is 1.26 bits per heavy atom. The maximum Gasteiger partial charge on any atom is 0.253 e. The van der Waals surface area contributed by atoms with Crippen molar-refractivity contribution in [3.05, 3.63) is 83.4 Å². The summed E-state index contributed by atoms with van der Waals surface area (Å²) in [6.45, 7) is 14.2. The highest BCUT2D eigenvalue weighted by molar-refractivity contribution is 5.88. The van der Waals surface area contributed by atoms with Gasteiger partial charge in [0.1, 0.15) is 23.3 Å². The first-order chi connectivity index (χ1) is 29.8. The molecule has 324 valence electrons. The van der Waals surface area contributed by atoms with Crippen LogP contribution in [0, 0.1) is 27.7 Å². The molecule has 18 nitrogen and oxygen atoms in total. The van der Waals surface area contributed by atoms with E-state index in [1.54, 1.807) is 35.7 Å². The Labute approximate surface area is 361 Å². The first kappa shape index (κ1) is 43.4. The molecule has 0 saturated carbocycles. The third kappa shape index (κ3) is 10.6. The molecule has 18 heteroatoms. The van der Waals surface area contributed by atoms with Crippen molar-refractivity contribution in [2.75, 3.05) is 60.8 Å². The molecule has 2 saturated heterocycles. The fourth-order valence-electron chi connectivity index (χ4n) is 7.60. The van der Waals surface area contributed by atoms with Gasteiger partial charge in [-0.2, -0.15) is 20.2 Å². The predicted octanol–water partition coefficient (Wildman–Crippen LogP) is 5.83. The van der Waals surface area contributed by atoms with E-state index in [0.29, 0.717) is 58.5 Å². The zero-order valence-corrected chi connectivity index (χ0v) is 36.6. The summed E-state index contributed by atoms with van der Waals surface area (Å²) in [6, 6.07) is 19.2. The number of nitrogens with zero attached hydrogens (tertiary/aromatic N) is 12.